The van der Waals surface area contributed by atoms with Crippen LogP contribution in [-0.2, 0) is 20.9 Å². The minimum absolute atomic E-state index is 0.0830. The number of nitrogens with zero attached hydrogens (tertiary/aromatic N) is 2. The molecule has 2 heterocycles. The van der Waals surface area contributed by atoms with E-state index in [2.05, 4.69) is 19.2 Å². The van der Waals surface area contributed by atoms with E-state index in [0.29, 0.717) is 47.0 Å². The van der Waals surface area contributed by atoms with Crippen molar-refractivity contribution in [2.75, 3.05) is 13.7 Å². The van der Waals surface area contributed by atoms with Crippen molar-refractivity contribution in [3.8, 4) is 11.5 Å². The van der Waals surface area contributed by atoms with Crippen LogP contribution in [0.15, 0.2) is 75.9 Å². The van der Waals surface area contributed by atoms with Crippen molar-refractivity contribution in [3.63, 3.8) is 0 Å². The number of carbonyl (C=O) groups is 2. The zero-order valence-electron chi connectivity index (χ0n) is 23.9. The van der Waals surface area contributed by atoms with Gasteiger partial charge < -0.3 is 24.4 Å². The molecule has 2 aliphatic rings. The molecular weight excluding hydrogens is 526 g/mol. The summed E-state index contributed by atoms with van der Waals surface area (Å²) in [6.07, 6.45) is -0.136. The molecule has 212 valence electrons. The number of amidine groups is 1. The number of aliphatic imine (C=N–C) groups is 1. The first-order chi connectivity index (χ1) is 19.2. The number of hydrogen-bond donors (Lipinski definition) is 1. The van der Waals surface area contributed by atoms with Gasteiger partial charge in [-0.1, -0.05) is 62.0 Å². The molecule has 0 saturated carbocycles. The highest BCUT2D eigenvalue weighted by molar-refractivity contribution is 8.16. The van der Waals surface area contributed by atoms with Gasteiger partial charge in [-0.2, -0.15) is 0 Å². The molecule has 1 atom stereocenters. The smallest absolute Gasteiger partial charge is 0.338 e. The first-order valence-corrected chi connectivity index (χ1v) is 14.3. The second-order valence-electron chi connectivity index (χ2n) is 10.4. The second kappa shape index (κ2) is 13.1. The number of nitrogens with one attached hydrogen (secondary N) is 1. The lowest BCUT2D eigenvalue weighted by Crippen LogP contribution is -2.38. The highest BCUT2D eigenvalue weighted by Crippen LogP contribution is 2.46. The van der Waals surface area contributed by atoms with Crippen molar-refractivity contribution < 1.29 is 23.8 Å². The minimum atomic E-state index is -0.560. The molecule has 2 aromatic carbocycles. The molecule has 9 heteroatoms. The van der Waals surface area contributed by atoms with Gasteiger partial charge in [-0.05, 0) is 55.4 Å². The predicted octanol–water partition coefficient (Wildman–Crippen LogP) is 5.96. The largest absolute Gasteiger partial charge is 0.493 e. The number of hydrogen-bond acceptors (Lipinski definition) is 8. The van der Waals surface area contributed by atoms with Crippen LogP contribution in [0.25, 0.3) is 0 Å². The molecule has 1 N–H and O–H groups in total. The number of amides is 1. The van der Waals surface area contributed by atoms with E-state index in [1.54, 1.807) is 7.11 Å². The van der Waals surface area contributed by atoms with E-state index < -0.39 is 12.0 Å². The highest BCUT2D eigenvalue weighted by Gasteiger charge is 2.41. The van der Waals surface area contributed by atoms with E-state index in [9.17, 15) is 9.59 Å². The number of fused-ring (bicyclic) bond motifs is 1. The highest BCUT2D eigenvalue weighted by atomic mass is 32.2. The fourth-order valence-electron chi connectivity index (χ4n) is 4.48. The third kappa shape index (κ3) is 6.88. The number of ether oxygens (including phenoxy) is 3. The van der Waals surface area contributed by atoms with E-state index in [0.717, 1.165) is 16.8 Å². The van der Waals surface area contributed by atoms with Crippen LogP contribution in [0.4, 0.5) is 0 Å². The summed E-state index contributed by atoms with van der Waals surface area (Å²) in [6.45, 7) is 10.5. The van der Waals surface area contributed by atoms with E-state index in [1.807, 2.05) is 79.6 Å². The normalized spacial score (nSPS) is 16.5. The van der Waals surface area contributed by atoms with Gasteiger partial charge in [0.1, 0.15) is 6.61 Å². The Labute approximate surface area is 240 Å². The first kappa shape index (κ1) is 29.3. The van der Waals surface area contributed by atoms with Crippen molar-refractivity contribution in [1.82, 2.24) is 10.2 Å². The van der Waals surface area contributed by atoms with Crippen molar-refractivity contribution in [2.24, 2.45) is 10.9 Å². The molecule has 0 unspecified atom stereocenters. The summed E-state index contributed by atoms with van der Waals surface area (Å²) in [5, 5.41) is 5.62. The zero-order valence-corrected chi connectivity index (χ0v) is 24.7. The van der Waals surface area contributed by atoms with E-state index >= 15 is 0 Å². The van der Waals surface area contributed by atoms with Gasteiger partial charge in [0, 0.05) is 12.2 Å². The van der Waals surface area contributed by atoms with Gasteiger partial charge in [-0.15, -0.1) is 0 Å². The fourth-order valence-corrected chi connectivity index (χ4v) is 5.44. The number of rotatable bonds is 11. The number of benzene rings is 2. The first-order valence-electron chi connectivity index (χ1n) is 13.4. The number of carbonyl (C=O) groups excluding carboxylic acids is 2. The topological polar surface area (TPSA) is 89.5 Å². The van der Waals surface area contributed by atoms with Crippen molar-refractivity contribution >= 4 is 28.8 Å². The number of methoxy groups -OCH3 is 1. The summed E-state index contributed by atoms with van der Waals surface area (Å²) in [7, 11) is 1.59. The Morgan fingerprint density at radius 1 is 1.07 bits per heavy atom. The molecule has 40 heavy (non-hydrogen) atoms. The maximum Gasteiger partial charge on any atom is 0.338 e. The van der Waals surface area contributed by atoms with Crippen molar-refractivity contribution in [3.05, 3.63) is 82.0 Å². The molecular formula is C31H37N3O5S. The minimum Gasteiger partial charge on any atom is -0.493 e. The Morgan fingerprint density at radius 2 is 1.82 bits per heavy atom. The molecule has 0 spiro atoms. The Morgan fingerprint density at radius 3 is 2.50 bits per heavy atom. The van der Waals surface area contributed by atoms with Gasteiger partial charge >= 0.3 is 5.97 Å². The lowest BCUT2D eigenvalue weighted by molar-refractivity contribution is -0.143. The molecule has 2 aromatic rings. The third-order valence-electron chi connectivity index (χ3n) is 6.35. The average Bonchev–Trinajstić information content (AvgIpc) is 3.31. The molecule has 4 rings (SSSR count). The summed E-state index contributed by atoms with van der Waals surface area (Å²) in [5.74, 6) is 0.948. The lowest BCUT2D eigenvalue weighted by atomic mass is 9.93. The van der Waals surface area contributed by atoms with Crippen LogP contribution >= 0.6 is 11.8 Å². The van der Waals surface area contributed by atoms with Crippen molar-refractivity contribution in [1.29, 1.82) is 0 Å². The second-order valence-corrected chi connectivity index (χ2v) is 11.2. The molecule has 8 nitrogen and oxygen atoms in total. The third-order valence-corrected chi connectivity index (χ3v) is 7.24. The maximum absolute atomic E-state index is 13.4. The van der Waals surface area contributed by atoms with Gasteiger partial charge in [0.15, 0.2) is 16.7 Å². The Hall–Kier alpha value is -3.72. The zero-order chi connectivity index (χ0) is 28.8. The van der Waals surface area contributed by atoms with Gasteiger partial charge in [0.2, 0.25) is 5.91 Å². The monoisotopic (exact) mass is 563 g/mol. The summed E-state index contributed by atoms with van der Waals surface area (Å²) in [4.78, 5) is 32.9. The molecule has 0 aromatic heterocycles. The van der Waals surface area contributed by atoms with Crippen LogP contribution in [0.2, 0.25) is 0 Å². The fraction of sp³-hybridized carbons (Fsp3) is 0.387. The summed E-state index contributed by atoms with van der Waals surface area (Å²) < 4.78 is 17.5. The van der Waals surface area contributed by atoms with Crippen molar-refractivity contribution in [2.45, 2.75) is 59.8 Å². The number of thioether (sulfide) groups is 1. The predicted molar refractivity (Wildman–Crippen MR) is 158 cm³/mol. The van der Waals surface area contributed by atoms with E-state index in [1.165, 1.54) is 11.8 Å². The molecule has 0 bridgehead atoms. The quantitative estimate of drug-likeness (QED) is 0.337. The summed E-state index contributed by atoms with van der Waals surface area (Å²) >= 11 is 1.44. The van der Waals surface area contributed by atoms with Crippen LogP contribution in [-0.4, -0.2) is 41.7 Å². The Balaban J connectivity index is 1.69. The molecule has 2 aliphatic heterocycles. The lowest BCUT2D eigenvalue weighted by Gasteiger charge is -2.36. The van der Waals surface area contributed by atoms with Gasteiger partial charge in [-0.25, -0.2) is 9.79 Å². The van der Waals surface area contributed by atoms with E-state index in [-0.39, 0.29) is 18.4 Å². The molecule has 0 saturated heterocycles. The van der Waals surface area contributed by atoms with Gasteiger partial charge in [-0.3, -0.25) is 4.79 Å². The standard InChI is InChI=1S/C31H37N3O5S/c1-19(2)16-32-27(35)15-24-18-40-31-33-21(5)28(30(36)39-20(3)4)29(34(24)31)23-12-13-25(26(14-23)37-6)38-17-22-10-8-7-9-11-22/h7-14,18-20,29H,15-17H2,1-6H3,(H,32,35)/t29-/m1/s1. The number of esters is 1. The number of allylic oxidation sites excluding steroid dienone is 1. The van der Waals surface area contributed by atoms with Gasteiger partial charge in [0.25, 0.3) is 0 Å². The van der Waals surface area contributed by atoms with Crippen LogP contribution in [0.1, 0.15) is 58.2 Å². The van der Waals surface area contributed by atoms with Crippen LogP contribution in [0, 0.1) is 5.92 Å². The average molecular weight is 564 g/mol. The Kier molecular flexibility index (Phi) is 9.58. The summed E-state index contributed by atoms with van der Waals surface area (Å²) in [5.41, 5.74) is 3.60. The van der Waals surface area contributed by atoms with E-state index in [4.69, 9.17) is 19.2 Å². The SMILES string of the molecule is COc1cc([C@@H]2C(C(=O)OC(C)C)=C(C)N=C3SC=C(CC(=O)NCC(C)C)N32)ccc1OCc1ccccc1. The maximum atomic E-state index is 13.4. The van der Waals surface area contributed by atoms with Crippen LogP contribution in [0.5, 0.6) is 11.5 Å². The molecule has 0 aliphatic carbocycles. The molecule has 0 fully saturated rings. The van der Waals surface area contributed by atoms with Crippen LogP contribution < -0.4 is 14.8 Å². The van der Waals surface area contributed by atoms with Gasteiger partial charge in [0.05, 0.1) is 36.9 Å². The van der Waals surface area contributed by atoms with Crippen LogP contribution in [0.3, 0.4) is 0 Å². The Bertz CT molecular complexity index is 1330. The molecule has 0 radical (unpaired) electrons. The molecule has 1 amide bonds. The summed E-state index contributed by atoms with van der Waals surface area (Å²) in [6, 6.07) is 15.0.